The van der Waals surface area contributed by atoms with Gasteiger partial charge in [-0.3, -0.25) is 9.69 Å². The summed E-state index contributed by atoms with van der Waals surface area (Å²) in [6.07, 6.45) is 1.82. The molecule has 0 aromatic heterocycles. The highest BCUT2D eigenvalue weighted by molar-refractivity contribution is 6.30. The van der Waals surface area contributed by atoms with Gasteiger partial charge >= 0.3 is 0 Å². The second-order valence-electron chi connectivity index (χ2n) is 11.8. The molecule has 3 aromatic rings. The van der Waals surface area contributed by atoms with E-state index in [-0.39, 0.29) is 42.0 Å². The summed E-state index contributed by atoms with van der Waals surface area (Å²) in [4.78, 5) is 16.8. The third-order valence-corrected chi connectivity index (χ3v) is 8.92. The fraction of sp³-hybridized carbons (Fsp3) is 0.424. The van der Waals surface area contributed by atoms with E-state index in [2.05, 4.69) is 43.0 Å². The van der Waals surface area contributed by atoms with Gasteiger partial charge in [0.1, 0.15) is 22.8 Å². The molecule has 7 nitrogen and oxygen atoms in total. The molecule has 8 heteroatoms. The van der Waals surface area contributed by atoms with Crippen LogP contribution in [-0.2, 0) is 16.1 Å². The number of benzene rings is 3. The van der Waals surface area contributed by atoms with Crippen LogP contribution in [0.4, 0.5) is 0 Å². The number of phenols is 1. The summed E-state index contributed by atoms with van der Waals surface area (Å²) >= 11 is 5.91. The molecule has 6 rings (SSSR count). The van der Waals surface area contributed by atoms with E-state index in [0.717, 1.165) is 29.7 Å². The van der Waals surface area contributed by atoms with Crippen molar-refractivity contribution < 1.29 is 24.1 Å². The lowest BCUT2D eigenvalue weighted by Crippen LogP contribution is -2.49. The van der Waals surface area contributed by atoms with Crippen LogP contribution in [-0.4, -0.2) is 59.2 Å². The summed E-state index contributed by atoms with van der Waals surface area (Å²) in [7, 11) is 0. The molecule has 0 aliphatic carbocycles. The van der Waals surface area contributed by atoms with Gasteiger partial charge in [0.05, 0.1) is 12.2 Å². The highest BCUT2D eigenvalue weighted by atomic mass is 35.5. The zero-order valence-electron chi connectivity index (χ0n) is 23.6. The van der Waals surface area contributed by atoms with Crippen molar-refractivity contribution in [3.63, 3.8) is 0 Å². The average molecular weight is 577 g/mol. The van der Waals surface area contributed by atoms with E-state index in [1.807, 2.05) is 23.1 Å². The van der Waals surface area contributed by atoms with Crippen LogP contribution in [0.25, 0.3) is 0 Å². The molecule has 3 atom stereocenters. The molecule has 216 valence electrons. The van der Waals surface area contributed by atoms with Crippen molar-refractivity contribution in [2.75, 3.05) is 32.8 Å². The summed E-state index contributed by atoms with van der Waals surface area (Å²) in [6, 6.07) is 21.2. The normalized spacial score (nSPS) is 23.7. The number of piperazine rings is 1. The largest absolute Gasteiger partial charge is 0.508 e. The number of aromatic hydroxyl groups is 1. The third-order valence-electron chi connectivity index (χ3n) is 8.67. The molecule has 2 saturated heterocycles. The fourth-order valence-electron chi connectivity index (χ4n) is 6.32. The first-order chi connectivity index (χ1) is 19.8. The molecule has 1 N–H and O–H groups in total. The number of nitrogens with zero attached hydrogens (tertiary/aromatic N) is 2. The third kappa shape index (κ3) is 6.03. The van der Waals surface area contributed by atoms with Gasteiger partial charge in [0.25, 0.3) is 5.91 Å². The van der Waals surface area contributed by atoms with E-state index < -0.39 is 0 Å². The molecule has 0 bridgehead atoms. The summed E-state index contributed by atoms with van der Waals surface area (Å²) in [5.41, 5.74) is 2.55. The van der Waals surface area contributed by atoms with E-state index in [4.69, 9.17) is 25.8 Å². The average Bonchev–Trinajstić information content (AvgIpc) is 2.98. The van der Waals surface area contributed by atoms with Crippen LogP contribution in [0.1, 0.15) is 55.6 Å². The number of rotatable bonds is 6. The van der Waals surface area contributed by atoms with Crippen LogP contribution < -0.4 is 9.47 Å². The maximum atomic E-state index is 12.7. The number of ether oxygens (including phenoxy) is 3. The molecule has 41 heavy (non-hydrogen) atoms. The summed E-state index contributed by atoms with van der Waals surface area (Å²) in [5, 5.41) is 11.7. The predicted octanol–water partition coefficient (Wildman–Crippen LogP) is 6.15. The zero-order chi connectivity index (χ0) is 28.6. The summed E-state index contributed by atoms with van der Waals surface area (Å²) in [5.74, 6) is 1.82. The second kappa shape index (κ2) is 11.6. The smallest absolute Gasteiger partial charge is 0.260 e. The number of fused-ring (bicyclic) bond motifs is 3. The molecule has 0 unspecified atom stereocenters. The lowest BCUT2D eigenvalue weighted by molar-refractivity contribution is -0.151. The minimum atomic E-state index is -0.381. The van der Waals surface area contributed by atoms with Crippen molar-refractivity contribution in [3.8, 4) is 17.2 Å². The van der Waals surface area contributed by atoms with Gasteiger partial charge < -0.3 is 24.2 Å². The number of amides is 1. The Morgan fingerprint density at radius 1 is 1.02 bits per heavy atom. The number of hydrogen-bond acceptors (Lipinski definition) is 6. The number of phenolic OH excluding ortho intramolecular Hbond substituents is 1. The van der Waals surface area contributed by atoms with Crippen LogP contribution in [0.2, 0.25) is 5.02 Å². The van der Waals surface area contributed by atoms with Crippen molar-refractivity contribution in [3.05, 3.63) is 88.4 Å². The zero-order valence-corrected chi connectivity index (χ0v) is 24.3. The Balaban J connectivity index is 1.10. The molecular weight excluding hydrogens is 540 g/mol. The molecule has 0 radical (unpaired) electrons. The van der Waals surface area contributed by atoms with Gasteiger partial charge in [-0.15, -0.1) is 0 Å². The summed E-state index contributed by atoms with van der Waals surface area (Å²) < 4.78 is 18.9. The van der Waals surface area contributed by atoms with Crippen molar-refractivity contribution >= 4 is 17.5 Å². The van der Waals surface area contributed by atoms with E-state index in [9.17, 15) is 9.90 Å². The van der Waals surface area contributed by atoms with Gasteiger partial charge in [-0.05, 0) is 68.7 Å². The molecule has 3 heterocycles. The molecule has 1 amide bonds. The molecule has 0 saturated carbocycles. The number of carbonyl (C=O) groups excluding carboxylic acids is 1. The maximum absolute atomic E-state index is 12.7. The van der Waals surface area contributed by atoms with Gasteiger partial charge in [0.15, 0.2) is 6.61 Å². The Labute approximate surface area is 246 Å². The highest BCUT2D eigenvalue weighted by Crippen LogP contribution is 2.54. The van der Waals surface area contributed by atoms with Gasteiger partial charge in [-0.1, -0.05) is 41.9 Å². The highest BCUT2D eigenvalue weighted by Gasteiger charge is 2.48. The van der Waals surface area contributed by atoms with Gasteiger partial charge in [-0.2, -0.15) is 0 Å². The Bertz CT molecular complexity index is 1370. The lowest BCUT2D eigenvalue weighted by atomic mass is 9.74. The number of halogens is 1. The SMILES string of the molecule is CC1(C)Oc2cc(CN3CCN(C(=O)COc4ccc(Cl)cc4)CC3)c(O)cc2[C@@H]2O[C@H](c3ccccc3)CC[C@H]21. The van der Waals surface area contributed by atoms with Crippen LogP contribution in [0.15, 0.2) is 66.7 Å². The van der Waals surface area contributed by atoms with E-state index in [0.29, 0.717) is 43.5 Å². The number of hydrogen-bond donors (Lipinski definition) is 1. The van der Waals surface area contributed by atoms with Crippen LogP contribution in [0.5, 0.6) is 17.2 Å². The van der Waals surface area contributed by atoms with E-state index >= 15 is 0 Å². The van der Waals surface area contributed by atoms with Crippen molar-refractivity contribution in [2.45, 2.75) is 51.0 Å². The first-order valence-electron chi connectivity index (χ1n) is 14.4. The van der Waals surface area contributed by atoms with Gasteiger partial charge in [-0.25, -0.2) is 0 Å². The molecule has 0 spiro atoms. The monoisotopic (exact) mass is 576 g/mol. The molecule has 3 aromatic carbocycles. The minimum Gasteiger partial charge on any atom is -0.508 e. The Hall–Kier alpha value is -3.26. The molecular formula is C33H37ClN2O5. The maximum Gasteiger partial charge on any atom is 0.260 e. The summed E-state index contributed by atoms with van der Waals surface area (Å²) in [6.45, 7) is 7.49. The van der Waals surface area contributed by atoms with Gasteiger partial charge in [0.2, 0.25) is 0 Å². The fourth-order valence-corrected chi connectivity index (χ4v) is 6.45. The van der Waals surface area contributed by atoms with E-state index in [1.54, 1.807) is 24.3 Å². The van der Waals surface area contributed by atoms with Crippen LogP contribution >= 0.6 is 11.6 Å². The first kappa shape index (κ1) is 27.9. The van der Waals surface area contributed by atoms with Crippen molar-refractivity contribution in [1.82, 2.24) is 9.80 Å². The first-order valence-corrected chi connectivity index (χ1v) is 14.8. The molecule has 2 fully saturated rings. The Morgan fingerprint density at radius 2 is 1.76 bits per heavy atom. The minimum absolute atomic E-state index is 0.00424. The quantitative estimate of drug-likeness (QED) is 0.380. The molecule has 3 aliphatic rings. The standard InChI is InChI=1S/C33H37ClN2O5/c1-33(2)27-12-13-29(22-6-4-3-5-7-22)40-32(27)26-19-28(37)23(18-30(26)41-33)20-35-14-16-36(17-15-35)31(38)21-39-25-10-8-24(34)9-11-25/h3-11,18-19,27,29,32,37H,12-17,20-21H2,1-2H3/t27-,29+,32+/m1/s1. The molecule has 3 aliphatic heterocycles. The Morgan fingerprint density at radius 3 is 2.49 bits per heavy atom. The predicted molar refractivity (Wildman–Crippen MR) is 157 cm³/mol. The van der Waals surface area contributed by atoms with Crippen LogP contribution in [0, 0.1) is 5.92 Å². The topological polar surface area (TPSA) is 71.5 Å². The number of carbonyl (C=O) groups is 1. The van der Waals surface area contributed by atoms with Crippen molar-refractivity contribution in [1.29, 1.82) is 0 Å². The van der Waals surface area contributed by atoms with E-state index in [1.165, 1.54) is 5.56 Å². The second-order valence-corrected chi connectivity index (χ2v) is 12.2. The van der Waals surface area contributed by atoms with Gasteiger partial charge in [0, 0.05) is 54.8 Å². The Kier molecular flexibility index (Phi) is 7.86. The van der Waals surface area contributed by atoms with Crippen LogP contribution in [0.3, 0.4) is 0 Å². The van der Waals surface area contributed by atoms with Crippen molar-refractivity contribution in [2.24, 2.45) is 5.92 Å². The lowest BCUT2D eigenvalue weighted by Gasteiger charge is -2.49.